The van der Waals surface area contributed by atoms with E-state index in [2.05, 4.69) is 0 Å². The molecular formula is C13H15NO2. The van der Waals surface area contributed by atoms with Crippen molar-refractivity contribution in [3.8, 4) is 0 Å². The predicted molar refractivity (Wildman–Crippen MR) is 61.1 cm³/mol. The lowest BCUT2D eigenvalue weighted by Crippen LogP contribution is -2.39. The number of carbonyl (C=O) groups is 1. The molecule has 3 rings (SSSR count). The SMILES string of the molecule is CC1(O)C(=O)N(CC2CC2)c2ccccc21. The summed E-state index contributed by atoms with van der Waals surface area (Å²) in [7, 11) is 0. The number of aliphatic hydroxyl groups is 1. The molecule has 0 spiro atoms. The van der Waals surface area contributed by atoms with Crippen molar-refractivity contribution in [2.75, 3.05) is 11.4 Å². The molecule has 1 N–H and O–H groups in total. The molecule has 1 unspecified atom stereocenters. The smallest absolute Gasteiger partial charge is 0.263 e. The Hall–Kier alpha value is -1.35. The molecule has 0 aromatic heterocycles. The van der Waals surface area contributed by atoms with Gasteiger partial charge in [0.25, 0.3) is 5.91 Å². The zero-order valence-corrected chi connectivity index (χ0v) is 9.31. The van der Waals surface area contributed by atoms with E-state index >= 15 is 0 Å². The minimum absolute atomic E-state index is 0.180. The van der Waals surface area contributed by atoms with Crippen LogP contribution in [0.2, 0.25) is 0 Å². The van der Waals surface area contributed by atoms with Gasteiger partial charge in [-0.25, -0.2) is 0 Å². The summed E-state index contributed by atoms with van der Waals surface area (Å²) in [5.41, 5.74) is 0.274. The fraction of sp³-hybridized carbons (Fsp3) is 0.462. The summed E-state index contributed by atoms with van der Waals surface area (Å²) in [6, 6.07) is 7.52. The highest BCUT2D eigenvalue weighted by Gasteiger charge is 2.46. The highest BCUT2D eigenvalue weighted by atomic mass is 16.3. The maximum Gasteiger partial charge on any atom is 0.263 e. The van der Waals surface area contributed by atoms with E-state index in [4.69, 9.17) is 0 Å². The van der Waals surface area contributed by atoms with Crippen LogP contribution >= 0.6 is 0 Å². The first-order valence-electron chi connectivity index (χ1n) is 5.74. The topological polar surface area (TPSA) is 40.5 Å². The lowest BCUT2D eigenvalue weighted by molar-refractivity contribution is -0.134. The molecule has 1 atom stereocenters. The predicted octanol–water partition coefficient (Wildman–Crippen LogP) is 1.65. The van der Waals surface area contributed by atoms with Crippen molar-refractivity contribution in [3.63, 3.8) is 0 Å². The van der Waals surface area contributed by atoms with E-state index in [1.54, 1.807) is 11.8 Å². The van der Waals surface area contributed by atoms with Crippen molar-refractivity contribution in [3.05, 3.63) is 29.8 Å². The van der Waals surface area contributed by atoms with Crippen LogP contribution in [0.1, 0.15) is 25.3 Å². The molecule has 0 saturated heterocycles. The van der Waals surface area contributed by atoms with Crippen molar-refractivity contribution in [1.29, 1.82) is 0 Å². The van der Waals surface area contributed by atoms with Gasteiger partial charge in [0.05, 0.1) is 5.69 Å². The molecule has 1 amide bonds. The standard InChI is InChI=1S/C13H15NO2/c1-13(16)10-4-2-3-5-11(10)14(12(13)15)8-9-6-7-9/h2-5,9,16H,6-8H2,1H3. The summed E-state index contributed by atoms with van der Waals surface area (Å²) in [5.74, 6) is 0.450. The zero-order chi connectivity index (χ0) is 11.3. The molecule has 0 bridgehead atoms. The number of nitrogens with zero attached hydrogens (tertiary/aromatic N) is 1. The summed E-state index contributed by atoms with van der Waals surface area (Å²) in [6.07, 6.45) is 2.40. The van der Waals surface area contributed by atoms with Crippen LogP contribution in [0.5, 0.6) is 0 Å². The van der Waals surface area contributed by atoms with Crippen LogP contribution < -0.4 is 4.90 Å². The molecule has 16 heavy (non-hydrogen) atoms. The third-order valence-electron chi connectivity index (χ3n) is 3.52. The second-order valence-corrected chi connectivity index (χ2v) is 4.95. The Bertz CT molecular complexity index is 449. The van der Waals surface area contributed by atoms with Gasteiger partial charge in [0.1, 0.15) is 0 Å². The Morgan fingerprint density at radius 3 is 2.81 bits per heavy atom. The van der Waals surface area contributed by atoms with Gasteiger partial charge >= 0.3 is 0 Å². The van der Waals surface area contributed by atoms with Crippen LogP contribution in [0.4, 0.5) is 5.69 Å². The number of amides is 1. The van der Waals surface area contributed by atoms with E-state index in [0.717, 1.165) is 17.8 Å². The van der Waals surface area contributed by atoms with Gasteiger partial charge in [0.2, 0.25) is 0 Å². The van der Waals surface area contributed by atoms with Crippen molar-refractivity contribution in [1.82, 2.24) is 0 Å². The lowest BCUT2D eigenvalue weighted by atomic mass is 9.98. The number of benzene rings is 1. The van der Waals surface area contributed by atoms with Crippen molar-refractivity contribution in [2.45, 2.75) is 25.4 Å². The Balaban J connectivity index is 2.04. The van der Waals surface area contributed by atoms with E-state index in [1.807, 2.05) is 24.3 Å². The number of hydrogen-bond donors (Lipinski definition) is 1. The second kappa shape index (κ2) is 3.08. The maximum atomic E-state index is 12.1. The molecule has 1 fully saturated rings. The van der Waals surface area contributed by atoms with Crippen LogP contribution in [0.25, 0.3) is 0 Å². The largest absolute Gasteiger partial charge is 0.375 e. The summed E-state index contributed by atoms with van der Waals surface area (Å²) >= 11 is 0. The molecule has 1 heterocycles. The van der Waals surface area contributed by atoms with Crippen LogP contribution in [0.15, 0.2) is 24.3 Å². The molecule has 1 aromatic carbocycles. The fourth-order valence-electron chi connectivity index (χ4n) is 2.35. The van der Waals surface area contributed by atoms with Crippen molar-refractivity contribution < 1.29 is 9.90 Å². The molecule has 3 heteroatoms. The summed E-state index contributed by atoms with van der Waals surface area (Å²) < 4.78 is 0. The highest BCUT2D eigenvalue weighted by molar-refractivity contribution is 6.06. The molecule has 1 aromatic rings. The number of anilines is 1. The van der Waals surface area contributed by atoms with Gasteiger partial charge in [0, 0.05) is 12.1 Å². The van der Waals surface area contributed by atoms with Crippen LogP contribution in [-0.4, -0.2) is 17.6 Å². The van der Waals surface area contributed by atoms with Gasteiger partial charge in [-0.15, -0.1) is 0 Å². The third kappa shape index (κ3) is 1.28. The first-order chi connectivity index (χ1) is 7.60. The van der Waals surface area contributed by atoms with Crippen LogP contribution in [0, 0.1) is 5.92 Å². The highest BCUT2D eigenvalue weighted by Crippen LogP contribution is 2.42. The molecule has 1 aliphatic heterocycles. The van der Waals surface area contributed by atoms with Gasteiger partial charge in [-0.3, -0.25) is 4.79 Å². The van der Waals surface area contributed by atoms with Crippen LogP contribution in [-0.2, 0) is 10.4 Å². The van der Waals surface area contributed by atoms with E-state index in [1.165, 1.54) is 12.8 Å². The van der Waals surface area contributed by atoms with E-state index in [9.17, 15) is 9.90 Å². The molecule has 3 nitrogen and oxygen atoms in total. The van der Waals surface area contributed by atoms with Crippen molar-refractivity contribution in [2.24, 2.45) is 5.92 Å². The zero-order valence-electron chi connectivity index (χ0n) is 9.31. The minimum Gasteiger partial charge on any atom is -0.375 e. The monoisotopic (exact) mass is 217 g/mol. The first kappa shape index (κ1) is 9.85. The van der Waals surface area contributed by atoms with E-state index in [-0.39, 0.29) is 5.91 Å². The first-order valence-corrected chi connectivity index (χ1v) is 5.74. The lowest BCUT2D eigenvalue weighted by Gasteiger charge is -2.19. The normalized spacial score (nSPS) is 28.4. The molecule has 0 radical (unpaired) electrons. The Morgan fingerprint density at radius 1 is 1.44 bits per heavy atom. The second-order valence-electron chi connectivity index (χ2n) is 4.95. The fourth-order valence-corrected chi connectivity index (χ4v) is 2.35. The van der Waals surface area contributed by atoms with Crippen molar-refractivity contribution >= 4 is 11.6 Å². The summed E-state index contributed by atoms with van der Waals surface area (Å²) in [5, 5.41) is 10.2. The average Bonchev–Trinajstić information content (AvgIpc) is 3.05. The number of para-hydroxylation sites is 1. The maximum absolute atomic E-state index is 12.1. The molecule has 1 saturated carbocycles. The number of carbonyl (C=O) groups excluding carboxylic acids is 1. The number of rotatable bonds is 2. The molecule has 2 aliphatic rings. The average molecular weight is 217 g/mol. The van der Waals surface area contributed by atoms with Gasteiger partial charge in [0.15, 0.2) is 5.60 Å². The molecule has 1 aliphatic carbocycles. The van der Waals surface area contributed by atoms with E-state index < -0.39 is 5.60 Å². The number of hydrogen-bond acceptors (Lipinski definition) is 2. The molecule has 84 valence electrons. The quantitative estimate of drug-likeness (QED) is 0.818. The van der Waals surface area contributed by atoms with Gasteiger partial charge < -0.3 is 10.0 Å². The third-order valence-corrected chi connectivity index (χ3v) is 3.52. The minimum atomic E-state index is -1.34. The summed E-state index contributed by atoms with van der Waals surface area (Å²) in [4.78, 5) is 13.9. The van der Waals surface area contributed by atoms with Gasteiger partial charge in [-0.2, -0.15) is 0 Å². The Kier molecular flexibility index (Phi) is 1.89. The Morgan fingerprint density at radius 2 is 2.12 bits per heavy atom. The molecular weight excluding hydrogens is 202 g/mol. The van der Waals surface area contributed by atoms with Gasteiger partial charge in [-0.1, -0.05) is 18.2 Å². The number of fused-ring (bicyclic) bond motifs is 1. The summed E-state index contributed by atoms with van der Waals surface area (Å²) in [6.45, 7) is 2.34. The van der Waals surface area contributed by atoms with Crippen LogP contribution in [0.3, 0.4) is 0 Å². The Labute approximate surface area is 94.7 Å². The van der Waals surface area contributed by atoms with E-state index in [0.29, 0.717) is 5.92 Å². The van der Waals surface area contributed by atoms with Gasteiger partial charge in [-0.05, 0) is 31.7 Å².